The first-order valence-corrected chi connectivity index (χ1v) is 8.53. The second-order valence-electron chi connectivity index (χ2n) is 6.27. The Balaban J connectivity index is 1.80. The molecule has 1 saturated heterocycles. The number of amides is 2. The number of hydrogen-bond acceptors (Lipinski definition) is 4. The normalized spacial score (nSPS) is 15.2. The van der Waals surface area contributed by atoms with E-state index in [1.807, 2.05) is 24.3 Å². The van der Waals surface area contributed by atoms with Crippen molar-refractivity contribution in [1.82, 2.24) is 5.32 Å². The van der Waals surface area contributed by atoms with Gasteiger partial charge in [0.1, 0.15) is 0 Å². The molecule has 0 aromatic heterocycles. The van der Waals surface area contributed by atoms with Gasteiger partial charge in [0, 0.05) is 44.7 Å². The van der Waals surface area contributed by atoms with E-state index in [9.17, 15) is 9.59 Å². The zero-order valence-corrected chi connectivity index (χ0v) is 14.5. The second kappa shape index (κ2) is 9.27. The first kappa shape index (κ1) is 18.3. The standard InChI is InChI=1S/C18H27N3O3/c1-14-8-11-21(12-9-14)16-6-4-15(5-7-16)20-18(23)17(22)19-10-3-13-24-2/h4-7,14H,3,8-13H2,1-2H3,(H,19,22)(H,20,23). The molecule has 2 rings (SSSR count). The average molecular weight is 333 g/mol. The van der Waals surface area contributed by atoms with Crippen LogP contribution in [0.15, 0.2) is 24.3 Å². The van der Waals surface area contributed by atoms with Crippen molar-refractivity contribution in [2.45, 2.75) is 26.2 Å². The van der Waals surface area contributed by atoms with Gasteiger partial charge in [0.15, 0.2) is 0 Å². The molecule has 0 saturated carbocycles. The van der Waals surface area contributed by atoms with Crippen molar-refractivity contribution < 1.29 is 14.3 Å². The Bertz CT molecular complexity index is 537. The van der Waals surface area contributed by atoms with Gasteiger partial charge in [0.05, 0.1) is 0 Å². The van der Waals surface area contributed by atoms with E-state index < -0.39 is 11.8 Å². The predicted octanol–water partition coefficient (Wildman–Crippen LogP) is 2.01. The van der Waals surface area contributed by atoms with Crippen LogP contribution in [-0.2, 0) is 14.3 Å². The maximum atomic E-state index is 11.8. The van der Waals surface area contributed by atoms with E-state index in [1.54, 1.807) is 7.11 Å². The lowest BCUT2D eigenvalue weighted by Gasteiger charge is -2.32. The van der Waals surface area contributed by atoms with E-state index in [1.165, 1.54) is 12.8 Å². The van der Waals surface area contributed by atoms with E-state index in [2.05, 4.69) is 22.5 Å². The number of rotatable bonds is 6. The highest BCUT2D eigenvalue weighted by Crippen LogP contribution is 2.24. The molecule has 0 bridgehead atoms. The van der Waals surface area contributed by atoms with Crippen LogP contribution in [-0.4, -0.2) is 45.2 Å². The van der Waals surface area contributed by atoms with Gasteiger partial charge in [-0.25, -0.2) is 0 Å². The van der Waals surface area contributed by atoms with Crippen LogP contribution in [0.2, 0.25) is 0 Å². The molecule has 1 aliphatic rings. The summed E-state index contributed by atoms with van der Waals surface area (Å²) in [5.41, 5.74) is 1.78. The van der Waals surface area contributed by atoms with Gasteiger partial charge >= 0.3 is 11.8 Å². The topological polar surface area (TPSA) is 70.7 Å². The highest BCUT2D eigenvalue weighted by Gasteiger charge is 2.16. The lowest BCUT2D eigenvalue weighted by molar-refractivity contribution is -0.136. The third kappa shape index (κ3) is 5.53. The molecule has 1 heterocycles. The Hall–Kier alpha value is -2.08. The lowest BCUT2D eigenvalue weighted by atomic mass is 9.99. The van der Waals surface area contributed by atoms with E-state index >= 15 is 0 Å². The number of carbonyl (C=O) groups is 2. The molecule has 1 aliphatic heterocycles. The molecule has 132 valence electrons. The number of nitrogens with one attached hydrogen (secondary N) is 2. The zero-order chi connectivity index (χ0) is 17.4. The highest BCUT2D eigenvalue weighted by atomic mass is 16.5. The molecule has 24 heavy (non-hydrogen) atoms. The molecule has 2 N–H and O–H groups in total. The Morgan fingerprint density at radius 1 is 1.17 bits per heavy atom. The number of carbonyl (C=O) groups excluding carboxylic acids is 2. The summed E-state index contributed by atoms with van der Waals surface area (Å²) in [6.45, 7) is 5.40. The fraction of sp³-hybridized carbons (Fsp3) is 0.556. The van der Waals surface area contributed by atoms with Crippen LogP contribution < -0.4 is 15.5 Å². The van der Waals surface area contributed by atoms with Crippen molar-refractivity contribution in [2.24, 2.45) is 5.92 Å². The SMILES string of the molecule is COCCCNC(=O)C(=O)Nc1ccc(N2CCC(C)CC2)cc1. The minimum Gasteiger partial charge on any atom is -0.385 e. The lowest BCUT2D eigenvalue weighted by Crippen LogP contribution is -2.36. The molecule has 0 unspecified atom stereocenters. The van der Waals surface area contributed by atoms with Gasteiger partial charge in [-0.05, 0) is 49.4 Å². The molecule has 1 aromatic carbocycles. The van der Waals surface area contributed by atoms with Gasteiger partial charge in [0.2, 0.25) is 0 Å². The monoisotopic (exact) mass is 333 g/mol. The Morgan fingerprint density at radius 2 is 1.83 bits per heavy atom. The summed E-state index contributed by atoms with van der Waals surface area (Å²) < 4.78 is 4.89. The molecule has 1 aromatic rings. The molecule has 6 heteroatoms. The quantitative estimate of drug-likeness (QED) is 0.617. The summed E-state index contributed by atoms with van der Waals surface area (Å²) in [4.78, 5) is 25.9. The third-order valence-corrected chi connectivity index (χ3v) is 4.29. The number of anilines is 2. The first-order chi connectivity index (χ1) is 11.6. The minimum atomic E-state index is -0.646. The van der Waals surface area contributed by atoms with Crippen molar-refractivity contribution in [3.05, 3.63) is 24.3 Å². The Kier molecular flexibility index (Phi) is 7.06. The number of methoxy groups -OCH3 is 1. The maximum Gasteiger partial charge on any atom is 0.313 e. The average Bonchev–Trinajstić information content (AvgIpc) is 2.60. The molecule has 0 aliphatic carbocycles. The van der Waals surface area contributed by atoms with Crippen LogP contribution in [0.25, 0.3) is 0 Å². The Morgan fingerprint density at radius 3 is 2.46 bits per heavy atom. The molecule has 0 radical (unpaired) electrons. The summed E-state index contributed by atoms with van der Waals surface area (Å²) >= 11 is 0. The van der Waals surface area contributed by atoms with Gasteiger partial charge in [-0.1, -0.05) is 6.92 Å². The van der Waals surface area contributed by atoms with E-state index in [-0.39, 0.29) is 0 Å². The van der Waals surface area contributed by atoms with E-state index in [4.69, 9.17) is 4.74 Å². The van der Waals surface area contributed by atoms with Crippen LogP contribution in [0, 0.1) is 5.92 Å². The molecular formula is C18H27N3O3. The summed E-state index contributed by atoms with van der Waals surface area (Å²) in [6, 6.07) is 7.65. The van der Waals surface area contributed by atoms with Gasteiger partial charge < -0.3 is 20.3 Å². The van der Waals surface area contributed by atoms with Crippen molar-refractivity contribution in [3.63, 3.8) is 0 Å². The molecule has 2 amide bonds. The van der Waals surface area contributed by atoms with Crippen LogP contribution in [0.1, 0.15) is 26.2 Å². The molecule has 0 atom stereocenters. The summed E-state index contributed by atoms with van der Waals surface area (Å²) in [5.74, 6) is -0.477. The molecule has 0 spiro atoms. The summed E-state index contributed by atoms with van der Waals surface area (Å²) in [5, 5.41) is 5.18. The van der Waals surface area contributed by atoms with Gasteiger partial charge in [-0.3, -0.25) is 9.59 Å². The minimum absolute atomic E-state index is 0.423. The number of piperidine rings is 1. The number of ether oxygens (including phenoxy) is 1. The first-order valence-electron chi connectivity index (χ1n) is 8.53. The number of benzene rings is 1. The van der Waals surface area contributed by atoms with Crippen molar-refractivity contribution in [2.75, 3.05) is 43.6 Å². The largest absolute Gasteiger partial charge is 0.385 e. The predicted molar refractivity (Wildman–Crippen MR) is 95.2 cm³/mol. The fourth-order valence-corrected chi connectivity index (χ4v) is 2.71. The maximum absolute atomic E-state index is 11.8. The Labute approximate surface area is 143 Å². The summed E-state index contributed by atoms with van der Waals surface area (Å²) in [7, 11) is 1.60. The molecule has 6 nitrogen and oxygen atoms in total. The van der Waals surface area contributed by atoms with Crippen molar-refractivity contribution in [3.8, 4) is 0 Å². The number of nitrogens with zero attached hydrogens (tertiary/aromatic N) is 1. The van der Waals surface area contributed by atoms with Crippen LogP contribution in [0.3, 0.4) is 0 Å². The summed E-state index contributed by atoms with van der Waals surface area (Å²) in [6.07, 6.45) is 3.10. The van der Waals surface area contributed by atoms with Crippen molar-refractivity contribution >= 4 is 23.2 Å². The van der Waals surface area contributed by atoms with Crippen LogP contribution in [0.4, 0.5) is 11.4 Å². The molecular weight excluding hydrogens is 306 g/mol. The number of hydrogen-bond donors (Lipinski definition) is 2. The van der Waals surface area contributed by atoms with E-state index in [0.29, 0.717) is 25.3 Å². The van der Waals surface area contributed by atoms with Crippen LogP contribution in [0.5, 0.6) is 0 Å². The zero-order valence-electron chi connectivity index (χ0n) is 14.5. The second-order valence-corrected chi connectivity index (χ2v) is 6.27. The van der Waals surface area contributed by atoms with Gasteiger partial charge in [0.25, 0.3) is 0 Å². The third-order valence-electron chi connectivity index (χ3n) is 4.29. The van der Waals surface area contributed by atoms with Gasteiger partial charge in [-0.2, -0.15) is 0 Å². The van der Waals surface area contributed by atoms with E-state index in [0.717, 1.165) is 24.7 Å². The smallest absolute Gasteiger partial charge is 0.313 e. The fourth-order valence-electron chi connectivity index (χ4n) is 2.71. The highest BCUT2D eigenvalue weighted by molar-refractivity contribution is 6.39. The van der Waals surface area contributed by atoms with Crippen LogP contribution >= 0.6 is 0 Å². The molecule has 1 fully saturated rings. The van der Waals surface area contributed by atoms with Gasteiger partial charge in [-0.15, -0.1) is 0 Å². The van der Waals surface area contributed by atoms with Crippen molar-refractivity contribution in [1.29, 1.82) is 0 Å².